The minimum atomic E-state index is 0.0277. The highest BCUT2D eigenvalue weighted by Gasteiger charge is 2.17. The van der Waals surface area contributed by atoms with Crippen molar-refractivity contribution in [1.29, 1.82) is 0 Å². The zero-order valence-electron chi connectivity index (χ0n) is 21.2. The van der Waals surface area contributed by atoms with Gasteiger partial charge in [0.2, 0.25) is 0 Å². The predicted molar refractivity (Wildman–Crippen MR) is 143 cm³/mol. The minimum absolute atomic E-state index is 0.0277. The molecule has 0 bridgehead atoms. The van der Waals surface area contributed by atoms with Crippen molar-refractivity contribution < 1.29 is 19.7 Å². The lowest BCUT2D eigenvalue weighted by Gasteiger charge is -2.14. The average molecular weight is 485 g/mol. The Morgan fingerprint density at radius 3 is 1.69 bits per heavy atom. The molecule has 36 heavy (non-hydrogen) atoms. The minimum Gasteiger partial charge on any atom is -0.507 e. The molecule has 0 fully saturated rings. The Balaban J connectivity index is 1.85. The molecule has 0 saturated carbocycles. The van der Waals surface area contributed by atoms with E-state index in [1.54, 1.807) is 30.3 Å². The van der Waals surface area contributed by atoms with Gasteiger partial charge < -0.3 is 19.7 Å². The van der Waals surface area contributed by atoms with Crippen LogP contribution < -0.4 is 9.47 Å². The summed E-state index contributed by atoms with van der Waals surface area (Å²) in [5.74, 6) is 1.63. The van der Waals surface area contributed by atoms with Gasteiger partial charge >= 0.3 is 0 Å². The Labute approximate surface area is 212 Å². The molecular formula is C30H32N2O4. The molecule has 0 aliphatic heterocycles. The summed E-state index contributed by atoms with van der Waals surface area (Å²) >= 11 is 0. The summed E-state index contributed by atoms with van der Waals surface area (Å²) in [6.45, 7) is 9.29. The molecule has 2 N–H and O–H groups in total. The van der Waals surface area contributed by atoms with Crippen molar-refractivity contribution in [3.05, 3.63) is 71.8 Å². The fraction of sp³-hybridized carbons (Fsp3) is 0.267. The van der Waals surface area contributed by atoms with Gasteiger partial charge in [-0.3, -0.25) is 0 Å². The maximum atomic E-state index is 10.8. The highest BCUT2D eigenvalue weighted by atomic mass is 16.5. The molecule has 0 aliphatic rings. The number of aromatic nitrogens is 2. The van der Waals surface area contributed by atoms with Gasteiger partial charge in [-0.1, -0.05) is 37.6 Å². The monoisotopic (exact) mass is 484 g/mol. The molecule has 0 unspecified atom stereocenters. The number of hydrogen-bond acceptors (Lipinski definition) is 6. The maximum Gasteiger partial charge on any atom is 0.164 e. The third kappa shape index (κ3) is 5.60. The average Bonchev–Trinajstić information content (AvgIpc) is 2.86. The van der Waals surface area contributed by atoms with Crippen molar-refractivity contribution in [2.75, 3.05) is 13.2 Å². The Kier molecular flexibility index (Phi) is 7.74. The second kappa shape index (κ2) is 11.1. The van der Waals surface area contributed by atoms with Crippen molar-refractivity contribution in [3.8, 4) is 56.9 Å². The molecular weight excluding hydrogens is 452 g/mol. The third-order valence-electron chi connectivity index (χ3n) is 5.78. The lowest BCUT2D eigenvalue weighted by Crippen LogP contribution is -1.99. The van der Waals surface area contributed by atoms with Gasteiger partial charge in [-0.25, -0.2) is 9.97 Å². The van der Waals surface area contributed by atoms with E-state index in [9.17, 15) is 10.2 Å². The molecule has 0 aliphatic carbocycles. The lowest BCUT2D eigenvalue weighted by atomic mass is 10.0. The Morgan fingerprint density at radius 2 is 1.17 bits per heavy atom. The Bertz CT molecular complexity index is 1290. The number of rotatable bonds is 9. The van der Waals surface area contributed by atoms with Gasteiger partial charge in [-0.15, -0.1) is 0 Å². The Morgan fingerprint density at radius 1 is 0.639 bits per heavy atom. The third-order valence-corrected chi connectivity index (χ3v) is 5.78. The van der Waals surface area contributed by atoms with Crippen LogP contribution >= 0.6 is 0 Å². The second-order valence-corrected chi connectivity index (χ2v) is 8.84. The molecule has 0 saturated heterocycles. The van der Waals surface area contributed by atoms with Crippen molar-refractivity contribution >= 4 is 0 Å². The standard InChI is InChI=1S/C30H32N2O4/c1-5-13-35-21-8-11-24(28(33)16-21)27-18-26(23-10-7-19(3)15-20(23)4)31-30(32-27)25-12-9-22(17-29(25)34)36-14-6-2/h7-12,15-18,33-34H,5-6,13-14H2,1-4H3. The quantitative estimate of drug-likeness (QED) is 0.264. The van der Waals surface area contributed by atoms with Gasteiger partial charge in [0.25, 0.3) is 0 Å². The normalized spacial score (nSPS) is 10.9. The molecule has 1 heterocycles. The van der Waals surface area contributed by atoms with Crippen LogP contribution in [-0.4, -0.2) is 33.4 Å². The number of aromatic hydroxyl groups is 2. The first-order chi connectivity index (χ1) is 17.4. The van der Waals surface area contributed by atoms with E-state index >= 15 is 0 Å². The number of nitrogens with zero attached hydrogens (tertiary/aromatic N) is 2. The molecule has 4 aromatic rings. The summed E-state index contributed by atoms with van der Waals surface area (Å²) in [4.78, 5) is 9.55. The van der Waals surface area contributed by atoms with Gasteiger partial charge in [0, 0.05) is 23.3 Å². The summed E-state index contributed by atoms with van der Waals surface area (Å²) in [6.07, 6.45) is 1.75. The smallest absolute Gasteiger partial charge is 0.164 e. The van der Waals surface area contributed by atoms with E-state index in [2.05, 4.69) is 6.07 Å². The summed E-state index contributed by atoms with van der Waals surface area (Å²) in [5.41, 5.74) is 5.46. The first-order valence-electron chi connectivity index (χ1n) is 12.3. The Hall–Kier alpha value is -4.06. The van der Waals surface area contributed by atoms with Crippen LogP contribution in [0.25, 0.3) is 33.9 Å². The number of benzene rings is 3. The van der Waals surface area contributed by atoms with Crippen LogP contribution in [0.2, 0.25) is 0 Å². The van der Waals surface area contributed by atoms with Crippen LogP contribution in [0.4, 0.5) is 0 Å². The number of phenols is 2. The van der Waals surface area contributed by atoms with Gasteiger partial charge in [0.1, 0.15) is 23.0 Å². The van der Waals surface area contributed by atoms with Gasteiger partial charge in [-0.2, -0.15) is 0 Å². The van der Waals surface area contributed by atoms with Crippen LogP contribution in [0, 0.1) is 13.8 Å². The number of aryl methyl sites for hydroxylation is 2. The molecule has 0 radical (unpaired) electrons. The summed E-state index contributed by atoms with van der Waals surface area (Å²) in [5, 5.41) is 21.6. The molecule has 6 heteroatoms. The van der Waals surface area contributed by atoms with Gasteiger partial charge in [0.15, 0.2) is 5.82 Å². The molecule has 0 atom stereocenters. The van der Waals surface area contributed by atoms with Gasteiger partial charge in [0.05, 0.1) is 30.2 Å². The fourth-order valence-electron chi connectivity index (χ4n) is 3.99. The van der Waals surface area contributed by atoms with Crippen molar-refractivity contribution in [3.63, 3.8) is 0 Å². The zero-order valence-corrected chi connectivity index (χ0v) is 21.2. The van der Waals surface area contributed by atoms with Crippen LogP contribution in [0.5, 0.6) is 23.0 Å². The van der Waals surface area contributed by atoms with E-state index in [-0.39, 0.29) is 11.5 Å². The largest absolute Gasteiger partial charge is 0.507 e. The van der Waals surface area contributed by atoms with Crippen LogP contribution in [0.15, 0.2) is 60.7 Å². The second-order valence-electron chi connectivity index (χ2n) is 8.84. The van der Waals surface area contributed by atoms with E-state index < -0.39 is 0 Å². The van der Waals surface area contributed by atoms with E-state index in [4.69, 9.17) is 19.4 Å². The fourth-order valence-corrected chi connectivity index (χ4v) is 3.99. The molecule has 0 amide bonds. The zero-order chi connectivity index (χ0) is 25.7. The summed E-state index contributed by atoms with van der Waals surface area (Å²) in [7, 11) is 0. The van der Waals surface area contributed by atoms with Crippen LogP contribution in [-0.2, 0) is 0 Å². The topological polar surface area (TPSA) is 84.7 Å². The van der Waals surface area contributed by atoms with E-state index in [1.165, 1.54) is 0 Å². The lowest BCUT2D eigenvalue weighted by molar-refractivity contribution is 0.315. The first kappa shape index (κ1) is 25.0. The summed E-state index contributed by atoms with van der Waals surface area (Å²) < 4.78 is 11.3. The van der Waals surface area contributed by atoms with Crippen LogP contribution in [0.1, 0.15) is 37.8 Å². The molecule has 6 nitrogen and oxygen atoms in total. The highest BCUT2D eigenvalue weighted by Crippen LogP contribution is 2.37. The molecule has 1 aromatic heterocycles. The molecule has 0 spiro atoms. The first-order valence-corrected chi connectivity index (χ1v) is 12.3. The molecule has 4 rings (SSSR count). The number of ether oxygens (including phenoxy) is 2. The van der Waals surface area contributed by atoms with E-state index in [1.807, 2.05) is 52.0 Å². The number of phenolic OH excluding ortho intramolecular Hbond substituents is 2. The molecule has 186 valence electrons. The SMILES string of the molecule is CCCOc1ccc(-c2cc(-c3ccc(C)cc3C)nc(-c3ccc(OCCC)cc3O)n2)c(O)c1. The van der Waals surface area contributed by atoms with E-state index in [0.717, 1.165) is 29.5 Å². The van der Waals surface area contributed by atoms with E-state index in [0.29, 0.717) is 53.1 Å². The molecule has 3 aromatic carbocycles. The predicted octanol–water partition coefficient (Wildman–Crippen LogP) is 7.08. The maximum absolute atomic E-state index is 10.8. The summed E-state index contributed by atoms with van der Waals surface area (Å²) in [6, 6.07) is 18.4. The van der Waals surface area contributed by atoms with Crippen molar-refractivity contribution in [1.82, 2.24) is 9.97 Å². The van der Waals surface area contributed by atoms with Crippen LogP contribution in [0.3, 0.4) is 0 Å². The van der Waals surface area contributed by atoms with Gasteiger partial charge in [-0.05, 0) is 62.6 Å². The van der Waals surface area contributed by atoms with Crippen molar-refractivity contribution in [2.24, 2.45) is 0 Å². The highest BCUT2D eigenvalue weighted by molar-refractivity contribution is 5.77. The van der Waals surface area contributed by atoms with Crippen molar-refractivity contribution in [2.45, 2.75) is 40.5 Å². The number of hydrogen-bond donors (Lipinski definition) is 2.